The monoisotopic (exact) mass is 231 g/mol. The minimum atomic E-state index is 0.187. The first-order valence-corrected chi connectivity index (χ1v) is 5.92. The number of aliphatic hydroxyl groups is 1. The summed E-state index contributed by atoms with van der Waals surface area (Å²) in [6, 6.07) is 8.03. The molecular formula is C13H17N3O. The fourth-order valence-electron chi connectivity index (χ4n) is 1.77. The number of aromatic nitrogens is 2. The van der Waals surface area contributed by atoms with Crippen LogP contribution >= 0.6 is 0 Å². The Labute approximate surface area is 101 Å². The van der Waals surface area contributed by atoms with Crippen LogP contribution in [-0.2, 0) is 0 Å². The molecule has 0 spiro atoms. The highest BCUT2D eigenvalue weighted by molar-refractivity contribution is 5.75. The summed E-state index contributed by atoms with van der Waals surface area (Å²) >= 11 is 0. The number of anilines is 1. The van der Waals surface area contributed by atoms with Crippen molar-refractivity contribution in [3.8, 4) is 0 Å². The quantitative estimate of drug-likeness (QED) is 0.828. The van der Waals surface area contributed by atoms with Crippen molar-refractivity contribution < 1.29 is 5.11 Å². The van der Waals surface area contributed by atoms with E-state index in [1.54, 1.807) is 6.20 Å². The van der Waals surface area contributed by atoms with Crippen LogP contribution in [0.5, 0.6) is 0 Å². The van der Waals surface area contributed by atoms with Gasteiger partial charge >= 0.3 is 0 Å². The zero-order chi connectivity index (χ0) is 12.1. The highest BCUT2D eigenvalue weighted by atomic mass is 16.3. The number of nitrogens with zero attached hydrogens (tertiary/aromatic N) is 2. The van der Waals surface area contributed by atoms with E-state index in [0.717, 1.165) is 29.7 Å². The van der Waals surface area contributed by atoms with Gasteiger partial charge in [-0.15, -0.1) is 0 Å². The van der Waals surface area contributed by atoms with Gasteiger partial charge in [-0.3, -0.25) is 4.98 Å². The zero-order valence-electron chi connectivity index (χ0n) is 9.93. The minimum absolute atomic E-state index is 0.187. The highest BCUT2D eigenvalue weighted by Crippen LogP contribution is 2.13. The number of para-hydroxylation sites is 2. The Morgan fingerprint density at radius 1 is 1.29 bits per heavy atom. The lowest BCUT2D eigenvalue weighted by Gasteiger charge is -2.16. The molecule has 4 heteroatoms. The average molecular weight is 231 g/mol. The van der Waals surface area contributed by atoms with E-state index in [4.69, 9.17) is 5.11 Å². The molecule has 2 N–H and O–H groups in total. The molecule has 17 heavy (non-hydrogen) atoms. The molecule has 0 aliphatic heterocycles. The molecule has 0 amide bonds. The lowest BCUT2D eigenvalue weighted by molar-refractivity contribution is 0.278. The fraction of sp³-hybridized carbons (Fsp3) is 0.385. The van der Waals surface area contributed by atoms with Gasteiger partial charge in [-0.05, 0) is 25.0 Å². The van der Waals surface area contributed by atoms with Crippen LogP contribution in [-0.4, -0.2) is 27.7 Å². The molecule has 1 heterocycles. The first kappa shape index (κ1) is 11.8. The van der Waals surface area contributed by atoms with Crippen LogP contribution in [0.4, 0.5) is 5.82 Å². The summed E-state index contributed by atoms with van der Waals surface area (Å²) in [5.41, 5.74) is 1.78. The summed E-state index contributed by atoms with van der Waals surface area (Å²) < 4.78 is 0. The summed E-state index contributed by atoms with van der Waals surface area (Å²) in [4.78, 5) is 8.83. The third-order valence-corrected chi connectivity index (χ3v) is 2.77. The lowest BCUT2D eigenvalue weighted by Crippen LogP contribution is -2.20. The molecule has 1 unspecified atom stereocenters. The van der Waals surface area contributed by atoms with E-state index in [9.17, 15) is 0 Å². The van der Waals surface area contributed by atoms with Crippen LogP contribution in [0.15, 0.2) is 30.5 Å². The summed E-state index contributed by atoms with van der Waals surface area (Å²) in [6.07, 6.45) is 3.42. The van der Waals surface area contributed by atoms with Gasteiger partial charge in [0.1, 0.15) is 5.82 Å². The molecule has 4 nitrogen and oxygen atoms in total. The number of nitrogens with one attached hydrogen (secondary N) is 1. The summed E-state index contributed by atoms with van der Waals surface area (Å²) in [7, 11) is 0. The second-order valence-corrected chi connectivity index (χ2v) is 4.01. The van der Waals surface area contributed by atoms with Gasteiger partial charge in [0.15, 0.2) is 0 Å². The van der Waals surface area contributed by atoms with Gasteiger partial charge in [0.2, 0.25) is 0 Å². The maximum absolute atomic E-state index is 8.94. The van der Waals surface area contributed by atoms with Gasteiger partial charge in [0.25, 0.3) is 0 Å². The van der Waals surface area contributed by atoms with Gasteiger partial charge in [-0.25, -0.2) is 4.98 Å². The molecule has 0 bridgehead atoms. The Balaban J connectivity index is 2.18. The number of hydrogen-bond donors (Lipinski definition) is 2. The Bertz CT molecular complexity index is 487. The number of hydrogen-bond acceptors (Lipinski definition) is 4. The Kier molecular flexibility index (Phi) is 3.88. The average Bonchev–Trinajstić information content (AvgIpc) is 2.38. The molecular weight excluding hydrogens is 214 g/mol. The second kappa shape index (κ2) is 5.59. The van der Waals surface area contributed by atoms with Gasteiger partial charge in [0.05, 0.1) is 17.2 Å². The van der Waals surface area contributed by atoms with Crippen LogP contribution < -0.4 is 5.32 Å². The van der Waals surface area contributed by atoms with E-state index < -0.39 is 0 Å². The molecule has 90 valence electrons. The first-order chi connectivity index (χ1) is 8.33. The van der Waals surface area contributed by atoms with Crippen molar-refractivity contribution in [2.24, 2.45) is 0 Å². The highest BCUT2D eigenvalue weighted by Gasteiger charge is 2.06. The molecule has 0 fully saturated rings. The lowest BCUT2D eigenvalue weighted by atomic mass is 10.1. The third kappa shape index (κ3) is 2.91. The van der Waals surface area contributed by atoms with Crippen LogP contribution in [0.2, 0.25) is 0 Å². The molecule has 2 aromatic rings. The van der Waals surface area contributed by atoms with Crippen LogP contribution in [0.25, 0.3) is 11.0 Å². The van der Waals surface area contributed by atoms with Crippen LogP contribution in [0, 0.1) is 0 Å². The largest absolute Gasteiger partial charge is 0.396 e. The van der Waals surface area contributed by atoms with Crippen molar-refractivity contribution in [2.45, 2.75) is 25.8 Å². The molecule has 0 aliphatic carbocycles. The summed E-state index contributed by atoms with van der Waals surface area (Å²) in [6.45, 7) is 2.27. The van der Waals surface area contributed by atoms with Crippen LogP contribution in [0.1, 0.15) is 19.8 Å². The van der Waals surface area contributed by atoms with Crippen molar-refractivity contribution >= 4 is 16.9 Å². The van der Waals surface area contributed by atoms with Crippen molar-refractivity contribution in [3.05, 3.63) is 30.5 Å². The summed E-state index contributed by atoms with van der Waals surface area (Å²) in [5.74, 6) is 0.768. The van der Waals surface area contributed by atoms with E-state index in [1.165, 1.54) is 0 Å². The van der Waals surface area contributed by atoms with Crippen LogP contribution in [0.3, 0.4) is 0 Å². The maximum Gasteiger partial charge on any atom is 0.145 e. The van der Waals surface area contributed by atoms with Crippen molar-refractivity contribution in [3.63, 3.8) is 0 Å². The van der Waals surface area contributed by atoms with E-state index in [2.05, 4.69) is 22.2 Å². The van der Waals surface area contributed by atoms with E-state index in [1.807, 2.05) is 24.3 Å². The Hall–Kier alpha value is -1.68. The molecule has 0 radical (unpaired) electrons. The van der Waals surface area contributed by atoms with Gasteiger partial charge in [0, 0.05) is 12.6 Å². The molecule has 0 saturated carbocycles. The Morgan fingerprint density at radius 3 is 2.76 bits per heavy atom. The number of benzene rings is 1. The van der Waals surface area contributed by atoms with Gasteiger partial charge < -0.3 is 10.4 Å². The van der Waals surface area contributed by atoms with Crippen molar-refractivity contribution in [1.82, 2.24) is 9.97 Å². The first-order valence-electron chi connectivity index (χ1n) is 5.92. The van der Waals surface area contributed by atoms with Gasteiger partial charge in [-0.2, -0.15) is 0 Å². The second-order valence-electron chi connectivity index (χ2n) is 4.01. The predicted molar refractivity (Wildman–Crippen MR) is 68.9 cm³/mol. The standard InChI is InChI=1S/C13H17N3O/c1-2-10(7-8-17)15-13-9-14-11-5-3-4-6-12(11)16-13/h3-6,9-10,17H,2,7-8H2,1H3,(H,15,16). The number of fused-ring (bicyclic) bond motifs is 1. The zero-order valence-corrected chi connectivity index (χ0v) is 9.93. The topological polar surface area (TPSA) is 58.0 Å². The summed E-state index contributed by atoms with van der Waals surface area (Å²) in [5, 5.41) is 12.2. The predicted octanol–water partition coefficient (Wildman–Crippen LogP) is 2.20. The molecule has 0 saturated heterocycles. The fourth-order valence-corrected chi connectivity index (χ4v) is 1.77. The van der Waals surface area contributed by atoms with E-state index in [0.29, 0.717) is 0 Å². The normalized spacial score (nSPS) is 12.6. The van der Waals surface area contributed by atoms with E-state index in [-0.39, 0.29) is 12.6 Å². The van der Waals surface area contributed by atoms with Crippen molar-refractivity contribution in [2.75, 3.05) is 11.9 Å². The minimum Gasteiger partial charge on any atom is -0.396 e. The number of rotatable bonds is 5. The van der Waals surface area contributed by atoms with E-state index >= 15 is 0 Å². The molecule has 1 aromatic heterocycles. The number of aliphatic hydroxyl groups excluding tert-OH is 1. The van der Waals surface area contributed by atoms with Gasteiger partial charge in [-0.1, -0.05) is 19.1 Å². The third-order valence-electron chi connectivity index (χ3n) is 2.77. The smallest absolute Gasteiger partial charge is 0.145 e. The molecule has 1 aromatic carbocycles. The maximum atomic E-state index is 8.94. The molecule has 0 aliphatic rings. The SMILES string of the molecule is CCC(CCO)Nc1cnc2ccccc2n1. The molecule has 1 atom stereocenters. The molecule has 2 rings (SSSR count). The van der Waals surface area contributed by atoms with Crippen molar-refractivity contribution in [1.29, 1.82) is 0 Å². The Morgan fingerprint density at radius 2 is 2.06 bits per heavy atom.